The van der Waals surface area contributed by atoms with E-state index in [0.29, 0.717) is 22.8 Å². The van der Waals surface area contributed by atoms with Gasteiger partial charge in [-0.15, -0.1) is 11.8 Å². The van der Waals surface area contributed by atoms with Gasteiger partial charge in [0, 0.05) is 16.7 Å². The van der Waals surface area contributed by atoms with Gasteiger partial charge < -0.3 is 14.6 Å². The number of carbonyl (C=O) groups is 1. The average Bonchev–Trinajstić information content (AvgIpc) is 2.76. The Morgan fingerprint density at radius 3 is 2.13 bits per heavy atom. The summed E-state index contributed by atoms with van der Waals surface area (Å²) in [6, 6.07) is 17.8. The van der Waals surface area contributed by atoms with Crippen LogP contribution in [0.4, 0.5) is 13.2 Å². The lowest BCUT2D eigenvalue weighted by Gasteiger charge is -2.11. The quantitative estimate of drug-likeness (QED) is 0.420. The Labute approximate surface area is 181 Å². The summed E-state index contributed by atoms with van der Waals surface area (Å²) in [7, 11) is 1.53. The molecule has 31 heavy (non-hydrogen) atoms. The zero-order chi connectivity index (χ0) is 22.4. The SMILES string of the molecule is COc1cc(OCC(=O)O)ccc1SCc1ccc(-c2ccc(C(F)(F)F)cc2)cc1. The van der Waals surface area contributed by atoms with Crippen LogP contribution in [0.1, 0.15) is 11.1 Å². The summed E-state index contributed by atoms with van der Waals surface area (Å²) in [6.45, 7) is -0.430. The number of carboxylic acid groups (broad SMARTS) is 1. The number of methoxy groups -OCH3 is 1. The number of halogens is 3. The van der Waals surface area contributed by atoms with Crippen LogP contribution in [0.2, 0.25) is 0 Å². The van der Waals surface area contributed by atoms with Gasteiger partial charge in [-0.1, -0.05) is 36.4 Å². The van der Waals surface area contributed by atoms with Crippen molar-refractivity contribution in [3.8, 4) is 22.6 Å². The summed E-state index contributed by atoms with van der Waals surface area (Å²) in [5.41, 5.74) is 1.91. The molecule has 0 aliphatic rings. The lowest BCUT2D eigenvalue weighted by molar-refractivity contribution is -0.139. The maximum absolute atomic E-state index is 12.7. The van der Waals surface area contributed by atoms with E-state index in [1.54, 1.807) is 30.0 Å². The first-order valence-corrected chi connectivity index (χ1v) is 10.2. The Morgan fingerprint density at radius 1 is 0.968 bits per heavy atom. The second-order valence-corrected chi connectivity index (χ2v) is 7.57. The van der Waals surface area contributed by atoms with Crippen molar-refractivity contribution in [3.05, 3.63) is 77.9 Å². The van der Waals surface area contributed by atoms with E-state index in [2.05, 4.69) is 0 Å². The molecule has 0 saturated heterocycles. The Balaban J connectivity index is 1.64. The summed E-state index contributed by atoms with van der Waals surface area (Å²) in [5, 5.41) is 8.70. The molecule has 0 aromatic heterocycles. The molecule has 0 spiro atoms. The molecule has 0 aliphatic heterocycles. The number of rotatable bonds is 8. The van der Waals surface area contributed by atoms with Gasteiger partial charge in [-0.2, -0.15) is 13.2 Å². The topological polar surface area (TPSA) is 55.8 Å². The van der Waals surface area contributed by atoms with Crippen molar-refractivity contribution in [1.29, 1.82) is 0 Å². The predicted molar refractivity (Wildman–Crippen MR) is 113 cm³/mol. The lowest BCUT2D eigenvalue weighted by Crippen LogP contribution is -2.09. The van der Waals surface area contributed by atoms with Crippen molar-refractivity contribution in [2.45, 2.75) is 16.8 Å². The van der Waals surface area contributed by atoms with Crippen molar-refractivity contribution in [1.82, 2.24) is 0 Å². The van der Waals surface area contributed by atoms with Crippen LogP contribution in [-0.2, 0) is 16.7 Å². The van der Waals surface area contributed by atoms with Gasteiger partial charge in [-0.25, -0.2) is 4.79 Å². The lowest BCUT2D eigenvalue weighted by atomic mass is 10.0. The van der Waals surface area contributed by atoms with Gasteiger partial charge in [0.2, 0.25) is 0 Å². The number of hydrogen-bond acceptors (Lipinski definition) is 4. The second-order valence-electron chi connectivity index (χ2n) is 6.56. The summed E-state index contributed by atoms with van der Waals surface area (Å²) in [5.74, 6) is 0.579. The third kappa shape index (κ3) is 6.18. The van der Waals surface area contributed by atoms with E-state index >= 15 is 0 Å². The first-order chi connectivity index (χ1) is 14.8. The van der Waals surface area contributed by atoms with Crippen LogP contribution in [0, 0.1) is 0 Å². The Hall–Kier alpha value is -3.13. The van der Waals surface area contributed by atoms with Gasteiger partial charge in [-0.3, -0.25) is 0 Å². The molecule has 0 amide bonds. The highest BCUT2D eigenvalue weighted by Gasteiger charge is 2.29. The summed E-state index contributed by atoms with van der Waals surface area (Å²) < 4.78 is 48.6. The number of alkyl halides is 3. The first kappa shape index (κ1) is 22.6. The van der Waals surface area contributed by atoms with E-state index in [4.69, 9.17) is 14.6 Å². The molecule has 0 heterocycles. The van der Waals surface area contributed by atoms with Gasteiger partial charge in [0.25, 0.3) is 0 Å². The number of benzene rings is 3. The molecule has 8 heteroatoms. The van der Waals surface area contributed by atoms with Gasteiger partial charge in [0.15, 0.2) is 6.61 Å². The van der Waals surface area contributed by atoms with Crippen LogP contribution in [0.3, 0.4) is 0 Å². The monoisotopic (exact) mass is 448 g/mol. The fraction of sp³-hybridized carbons (Fsp3) is 0.174. The van der Waals surface area contributed by atoms with Gasteiger partial charge in [0.05, 0.1) is 12.7 Å². The standard InChI is InChI=1S/C23H19F3O4S/c1-29-20-12-19(30-13-22(27)28)10-11-21(20)31-14-15-2-4-16(5-3-15)17-6-8-18(9-7-17)23(24,25)26/h2-12H,13-14H2,1H3,(H,27,28). The predicted octanol–water partition coefficient (Wildman–Crippen LogP) is 6.14. The van der Waals surface area contributed by atoms with Crippen molar-refractivity contribution in [2.75, 3.05) is 13.7 Å². The normalized spacial score (nSPS) is 11.2. The highest BCUT2D eigenvalue weighted by molar-refractivity contribution is 7.98. The molecule has 3 rings (SSSR count). The Bertz CT molecular complexity index is 1030. The molecule has 0 fully saturated rings. The fourth-order valence-electron chi connectivity index (χ4n) is 2.81. The minimum atomic E-state index is -4.35. The van der Waals surface area contributed by atoms with E-state index in [1.807, 2.05) is 24.3 Å². The van der Waals surface area contributed by atoms with Crippen LogP contribution in [0.15, 0.2) is 71.6 Å². The van der Waals surface area contributed by atoms with E-state index in [1.165, 1.54) is 19.2 Å². The van der Waals surface area contributed by atoms with E-state index in [-0.39, 0.29) is 0 Å². The summed E-state index contributed by atoms with van der Waals surface area (Å²) in [6.07, 6.45) is -4.35. The maximum Gasteiger partial charge on any atom is 0.416 e. The molecular formula is C23H19F3O4S. The average molecular weight is 448 g/mol. The van der Waals surface area contributed by atoms with Crippen molar-refractivity contribution >= 4 is 17.7 Å². The second kappa shape index (κ2) is 9.78. The smallest absolute Gasteiger partial charge is 0.416 e. The number of thioether (sulfide) groups is 1. The molecule has 0 saturated carbocycles. The van der Waals surface area contributed by atoms with Crippen LogP contribution in [0.25, 0.3) is 11.1 Å². The number of carboxylic acids is 1. The van der Waals surface area contributed by atoms with Crippen molar-refractivity contribution in [3.63, 3.8) is 0 Å². The van der Waals surface area contributed by atoms with Crippen molar-refractivity contribution < 1.29 is 32.5 Å². The molecule has 0 unspecified atom stereocenters. The molecule has 0 radical (unpaired) electrons. The summed E-state index contributed by atoms with van der Waals surface area (Å²) in [4.78, 5) is 11.5. The Kier molecular flexibility index (Phi) is 7.12. The molecule has 3 aromatic rings. The number of aliphatic carboxylic acids is 1. The van der Waals surface area contributed by atoms with E-state index in [9.17, 15) is 18.0 Å². The highest BCUT2D eigenvalue weighted by Crippen LogP contribution is 2.35. The van der Waals surface area contributed by atoms with Crippen LogP contribution >= 0.6 is 11.8 Å². The molecule has 0 bridgehead atoms. The maximum atomic E-state index is 12.7. The zero-order valence-corrected chi connectivity index (χ0v) is 17.3. The van der Waals surface area contributed by atoms with E-state index in [0.717, 1.165) is 28.2 Å². The molecule has 0 aliphatic carbocycles. The minimum absolute atomic E-state index is 0.407. The van der Waals surface area contributed by atoms with Crippen LogP contribution < -0.4 is 9.47 Å². The van der Waals surface area contributed by atoms with Gasteiger partial charge >= 0.3 is 12.1 Å². The molecule has 0 atom stereocenters. The van der Waals surface area contributed by atoms with E-state index < -0.39 is 24.3 Å². The van der Waals surface area contributed by atoms with Crippen LogP contribution in [-0.4, -0.2) is 24.8 Å². The summed E-state index contributed by atoms with van der Waals surface area (Å²) >= 11 is 1.54. The third-order valence-electron chi connectivity index (χ3n) is 4.39. The number of hydrogen-bond donors (Lipinski definition) is 1. The van der Waals surface area contributed by atoms with Gasteiger partial charge in [0.1, 0.15) is 11.5 Å². The van der Waals surface area contributed by atoms with Crippen LogP contribution in [0.5, 0.6) is 11.5 Å². The zero-order valence-electron chi connectivity index (χ0n) is 16.5. The molecule has 4 nitrogen and oxygen atoms in total. The molecule has 1 N–H and O–H groups in total. The fourth-order valence-corrected chi connectivity index (χ4v) is 3.77. The molecule has 3 aromatic carbocycles. The Morgan fingerprint density at radius 2 is 1.58 bits per heavy atom. The molecule has 162 valence electrons. The van der Waals surface area contributed by atoms with Crippen molar-refractivity contribution in [2.24, 2.45) is 0 Å². The number of ether oxygens (including phenoxy) is 2. The van der Waals surface area contributed by atoms with Gasteiger partial charge in [-0.05, 0) is 41.0 Å². The molecular weight excluding hydrogens is 429 g/mol. The first-order valence-electron chi connectivity index (χ1n) is 9.18. The highest BCUT2D eigenvalue weighted by atomic mass is 32.2. The minimum Gasteiger partial charge on any atom is -0.495 e. The third-order valence-corrected chi connectivity index (χ3v) is 5.52. The largest absolute Gasteiger partial charge is 0.495 e.